The molecule has 0 saturated heterocycles. The van der Waals surface area contributed by atoms with Crippen LogP contribution in [0.1, 0.15) is 58.6 Å². The summed E-state index contributed by atoms with van der Waals surface area (Å²) in [5, 5.41) is 0. The van der Waals surface area contributed by atoms with Gasteiger partial charge in [-0.15, -0.1) is 0 Å². The molecule has 0 unspecified atom stereocenters. The first-order valence-electron chi connectivity index (χ1n) is 8.86. The zero-order chi connectivity index (χ0) is 17.9. The Bertz CT molecular complexity index is 653. The van der Waals surface area contributed by atoms with Crippen LogP contribution in [0.2, 0.25) is 0 Å². The molecule has 0 heterocycles. The Morgan fingerprint density at radius 1 is 0.750 bits per heavy atom. The van der Waals surface area contributed by atoms with E-state index in [0.29, 0.717) is 5.92 Å². The van der Waals surface area contributed by atoms with Gasteiger partial charge in [0, 0.05) is 0 Å². The lowest BCUT2D eigenvalue weighted by Crippen LogP contribution is -2.11. The molecule has 130 valence electrons. The van der Waals surface area contributed by atoms with Crippen LogP contribution < -0.4 is 9.47 Å². The van der Waals surface area contributed by atoms with Crippen LogP contribution in [0.3, 0.4) is 0 Å². The van der Waals surface area contributed by atoms with Gasteiger partial charge in [0.1, 0.15) is 11.5 Å². The zero-order valence-electron chi connectivity index (χ0n) is 16.0. The molecule has 2 aromatic rings. The lowest BCUT2D eigenvalue weighted by atomic mass is 9.94. The van der Waals surface area contributed by atoms with Crippen LogP contribution in [0.4, 0.5) is 0 Å². The van der Waals surface area contributed by atoms with Crippen molar-refractivity contribution in [1.29, 1.82) is 0 Å². The van der Waals surface area contributed by atoms with Crippen LogP contribution in [0, 0.1) is 6.92 Å². The second kappa shape index (κ2) is 7.74. The van der Waals surface area contributed by atoms with Gasteiger partial charge >= 0.3 is 0 Å². The summed E-state index contributed by atoms with van der Waals surface area (Å²) in [4.78, 5) is 0. The molecule has 0 aromatic heterocycles. The number of hydrogen-bond acceptors (Lipinski definition) is 2. The lowest BCUT2D eigenvalue weighted by Gasteiger charge is -2.23. The molecule has 0 radical (unpaired) electrons. The van der Waals surface area contributed by atoms with Gasteiger partial charge in [0.25, 0.3) is 0 Å². The summed E-state index contributed by atoms with van der Waals surface area (Å²) in [5.74, 6) is 2.22. The summed E-state index contributed by atoms with van der Waals surface area (Å²) < 4.78 is 12.4. The number of aryl methyl sites for hydroxylation is 1. The Morgan fingerprint density at radius 2 is 1.25 bits per heavy atom. The van der Waals surface area contributed by atoms with Crippen molar-refractivity contribution in [2.45, 2.75) is 66.6 Å². The van der Waals surface area contributed by atoms with Gasteiger partial charge in [0.2, 0.25) is 0 Å². The smallest absolute Gasteiger partial charge is 0.131 e. The van der Waals surface area contributed by atoms with Gasteiger partial charge in [-0.3, -0.25) is 0 Å². The number of hydrogen-bond donors (Lipinski definition) is 0. The molecule has 0 N–H and O–H groups in total. The summed E-state index contributed by atoms with van der Waals surface area (Å²) in [5.41, 5.74) is 4.68. The molecule has 0 atom stereocenters. The first kappa shape index (κ1) is 18.4. The number of ether oxygens (including phenoxy) is 2. The molecule has 2 aromatic carbocycles. The van der Waals surface area contributed by atoms with Crippen molar-refractivity contribution in [3.63, 3.8) is 0 Å². The molecule has 0 aliphatic carbocycles. The second-order valence-corrected chi connectivity index (χ2v) is 7.20. The molecule has 0 amide bonds. The summed E-state index contributed by atoms with van der Waals surface area (Å²) in [6.45, 7) is 14.8. The van der Waals surface area contributed by atoms with Crippen LogP contribution in [0.5, 0.6) is 11.5 Å². The van der Waals surface area contributed by atoms with Crippen molar-refractivity contribution in [2.75, 3.05) is 0 Å². The Hall–Kier alpha value is -1.96. The average Bonchev–Trinajstić information content (AvgIpc) is 2.47. The molecule has 2 heteroatoms. The van der Waals surface area contributed by atoms with Crippen LogP contribution in [-0.4, -0.2) is 12.2 Å². The molecule has 0 bridgehead atoms. The van der Waals surface area contributed by atoms with E-state index in [2.05, 4.69) is 84.9 Å². The average molecular weight is 326 g/mol. The highest BCUT2D eigenvalue weighted by Crippen LogP contribution is 2.43. The largest absolute Gasteiger partial charge is 0.490 e. The minimum absolute atomic E-state index is 0.113. The summed E-state index contributed by atoms with van der Waals surface area (Å²) in [6, 6.07) is 12.7. The third-order valence-corrected chi connectivity index (χ3v) is 3.89. The van der Waals surface area contributed by atoms with Crippen LogP contribution in [-0.2, 0) is 0 Å². The lowest BCUT2D eigenvalue weighted by molar-refractivity contribution is 0.230. The maximum Gasteiger partial charge on any atom is 0.131 e. The van der Waals surface area contributed by atoms with E-state index in [1.807, 2.05) is 0 Å². The van der Waals surface area contributed by atoms with Gasteiger partial charge in [-0.1, -0.05) is 38.1 Å². The highest BCUT2D eigenvalue weighted by Gasteiger charge is 2.19. The van der Waals surface area contributed by atoms with E-state index in [-0.39, 0.29) is 12.2 Å². The van der Waals surface area contributed by atoms with Crippen LogP contribution in [0.25, 0.3) is 11.1 Å². The first-order chi connectivity index (χ1) is 11.3. The second-order valence-electron chi connectivity index (χ2n) is 7.20. The molecular formula is C22H30O2. The van der Waals surface area contributed by atoms with Crippen molar-refractivity contribution < 1.29 is 9.47 Å². The van der Waals surface area contributed by atoms with E-state index < -0.39 is 0 Å². The minimum Gasteiger partial charge on any atom is -0.490 e. The van der Waals surface area contributed by atoms with Gasteiger partial charge in [0.15, 0.2) is 0 Å². The van der Waals surface area contributed by atoms with E-state index >= 15 is 0 Å². The van der Waals surface area contributed by atoms with Crippen molar-refractivity contribution in [3.8, 4) is 22.6 Å². The fourth-order valence-corrected chi connectivity index (χ4v) is 2.76. The summed E-state index contributed by atoms with van der Waals surface area (Å²) in [6.07, 6.45) is 0.226. The van der Waals surface area contributed by atoms with Crippen molar-refractivity contribution >= 4 is 0 Å². The van der Waals surface area contributed by atoms with E-state index in [9.17, 15) is 0 Å². The predicted octanol–water partition coefficient (Wildman–Crippen LogP) is 6.36. The quantitative estimate of drug-likeness (QED) is 0.615. The molecule has 2 rings (SSSR count). The van der Waals surface area contributed by atoms with Crippen molar-refractivity contribution in [2.24, 2.45) is 0 Å². The van der Waals surface area contributed by atoms with E-state index in [1.165, 1.54) is 16.7 Å². The molecule has 0 spiro atoms. The van der Waals surface area contributed by atoms with Gasteiger partial charge in [-0.2, -0.15) is 0 Å². The molecule has 0 aliphatic rings. The fourth-order valence-electron chi connectivity index (χ4n) is 2.76. The highest BCUT2D eigenvalue weighted by atomic mass is 16.5. The van der Waals surface area contributed by atoms with Crippen LogP contribution in [0.15, 0.2) is 36.4 Å². The van der Waals surface area contributed by atoms with Crippen molar-refractivity contribution in [1.82, 2.24) is 0 Å². The maximum absolute atomic E-state index is 6.19. The Morgan fingerprint density at radius 3 is 1.67 bits per heavy atom. The predicted molar refractivity (Wildman–Crippen MR) is 102 cm³/mol. The van der Waals surface area contributed by atoms with Gasteiger partial charge in [-0.25, -0.2) is 0 Å². The van der Waals surface area contributed by atoms with E-state index in [1.54, 1.807) is 0 Å². The van der Waals surface area contributed by atoms with E-state index in [4.69, 9.17) is 9.47 Å². The van der Waals surface area contributed by atoms with E-state index in [0.717, 1.165) is 17.1 Å². The topological polar surface area (TPSA) is 18.5 Å². The Kier molecular flexibility index (Phi) is 5.93. The molecule has 2 nitrogen and oxygen atoms in total. The summed E-state index contributed by atoms with van der Waals surface area (Å²) in [7, 11) is 0. The third kappa shape index (κ3) is 4.31. The standard InChI is InChI=1S/C22H30O2/c1-14(2)18-12-20(23-15(3)4)22(21(13-18)24-16(5)6)19-11-9-8-10-17(19)7/h8-16H,1-7H3. The summed E-state index contributed by atoms with van der Waals surface area (Å²) >= 11 is 0. The minimum atomic E-state index is 0.113. The molecule has 0 aliphatic heterocycles. The molecule has 0 fully saturated rings. The van der Waals surface area contributed by atoms with Gasteiger partial charge in [-0.05, 0) is 69.4 Å². The number of rotatable bonds is 6. The molecule has 24 heavy (non-hydrogen) atoms. The van der Waals surface area contributed by atoms with Gasteiger partial charge < -0.3 is 9.47 Å². The molecule has 0 saturated carbocycles. The normalized spacial score (nSPS) is 11.4. The SMILES string of the molecule is Cc1ccccc1-c1c(OC(C)C)cc(C(C)C)cc1OC(C)C. The zero-order valence-corrected chi connectivity index (χ0v) is 16.0. The Labute approximate surface area is 146 Å². The number of benzene rings is 2. The first-order valence-corrected chi connectivity index (χ1v) is 8.86. The monoisotopic (exact) mass is 326 g/mol. The highest BCUT2D eigenvalue weighted by molar-refractivity contribution is 5.80. The third-order valence-electron chi connectivity index (χ3n) is 3.89. The fraction of sp³-hybridized carbons (Fsp3) is 0.455. The molecular weight excluding hydrogens is 296 g/mol. The van der Waals surface area contributed by atoms with Gasteiger partial charge in [0.05, 0.1) is 17.8 Å². The van der Waals surface area contributed by atoms with Crippen molar-refractivity contribution in [3.05, 3.63) is 47.5 Å². The maximum atomic E-state index is 6.19. The van der Waals surface area contributed by atoms with Crippen LogP contribution >= 0.6 is 0 Å². The Balaban J connectivity index is 2.74.